The minimum absolute atomic E-state index is 0.117. The standard InChI is InChI=1S/C25H27ClF2N4O4/c1-25(2,3)36-24(34)32-7-5-4-6-20(32)22(14-8-16(26)11-17(27)9-14)35-23(33)30-18-10-15-13-29-31-21(15)19(28)12-18/h8-13,20,22H,4-7H2,1-3H3,(H,29,31)(H,30,33)/t20-,22-/m0/s1. The van der Waals surface area contributed by atoms with Crippen LogP contribution in [-0.2, 0) is 9.47 Å². The van der Waals surface area contributed by atoms with Gasteiger partial charge in [0.25, 0.3) is 0 Å². The molecular weight excluding hydrogens is 494 g/mol. The van der Waals surface area contributed by atoms with Crippen molar-refractivity contribution in [3.05, 3.63) is 58.7 Å². The van der Waals surface area contributed by atoms with Crippen molar-refractivity contribution in [2.24, 2.45) is 0 Å². The van der Waals surface area contributed by atoms with Gasteiger partial charge in [-0.1, -0.05) is 11.6 Å². The summed E-state index contributed by atoms with van der Waals surface area (Å²) in [4.78, 5) is 27.5. The number of hydrogen-bond donors (Lipinski definition) is 2. The molecule has 2 aromatic carbocycles. The van der Waals surface area contributed by atoms with E-state index in [9.17, 15) is 18.4 Å². The minimum atomic E-state index is -1.06. The first kappa shape index (κ1) is 25.7. The third kappa shape index (κ3) is 6.04. The summed E-state index contributed by atoms with van der Waals surface area (Å²) in [5.74, 6) is -1.21. The summed E-state index contributed by atoms with van der Waals surface area (Å²) in [6, 6.07) is 5.86. The molecule has 1 aromatic heterocycles. The Kier molecular flexibility index (Phi) is 7.35. The summed E-state index contributed by atoms with van der Waals surface area (Å²) in [6.07, 6.45) is 0.884. The maximum atomic E-state index is 14.3. The number of piperidine rings is 1. The first-order chi connectivity index (χ1) is 17.0. The van der Waals surface area contributed by atoms with E-state index in [4.69, 9.17) is 21.1 Å². The lowest BCUT2D eigenvalue weighted by molar-refractivity contribution is -0.0200. The molecule has 8 nitrogen and oxygen atoms in total. The van der Waals surface area contributed by atoms with E-state index in [1.54, 1.807) is 20.8 Å². The van der Waals surface area contributed by atoms with Crippen LogP contribution in [0.1, 0.15) is 51.7 Å². The van der Waals surface area contributed by atoms with E-state index < -0.39 is 41.6 Å². The van der Waals surface area contributed by atoms with Crippen LogP contribution in [0, 0.1) is 11.6 Å². The molecule has 2 N–H and O–H groups in total. The highest BCUT2D eigenvalue weighted by molar-refractivity contribution is 6.30. The van der Waals surface area contributed by atoms with Crippen molar-refractivity contribution in [2.75, 3.05) is 11.9 Å². The molecule has 0 radical (unpaired) electrons. The second-order valence-electron chi connectivity index (χ2n) is 9.68. The Bertz CT molecular complexity index is 1260. The van der Waals surface area contributed by atoms with Crippen LogP contribution >= 0.6 is 11.6 Å². The molecule has 4 rings (SSSR count). The molecule has 0 aliphatic carbocycles. The predicted molar refractivity (Wildman–Crippen MR) is 131 cm³/mol. The first-order valence-electron chi connectivity index (χ1n) is 11.6. The molecule has 36 heavy (non-hydrogen) atoms. The van der Waals surface area contributed by atoms with Crippen molar-refractivity contribution in [1.29, 1.82) is 0 Å². The van der Waals surface area contributed by atoms with Gasteiger partial charge in [0.2, 0.25) is 0 Å². The zero-order chi connectivity index (χ0) is 26.0. The highest BCUT2D eigenvalue weighted by atomic mass is 35.5. The van der Waals surface area contributed by atoms with Crippen LogP contribution in [0.25, 0.3) is 10.9 Å². The average Bonchev–Trinajstić information content (AvgIpc) is 3.25. The number of likely N-dealkylation sites (tertiary alicyclic amines) is 1. The second-order valence-corrected chi connectivity index (χ2v) is 10.1. The van der Waals surface area contributed by atoms with Gasteiger partial charge in [-0.05, 0) is 75.9 Å². The number of nitrogens with one attached hydrogen (secondary N) is 2. The number of aromatic nitrogens is 2. The zero-order valence-corrected chi connectivity index (χ0v) is 20.9. The fourth-order valence-corrected chi connectivity index (χ4v) is 4.51. The highest BCUT2D eigenvalue weighted by Crippen LogP contribution is 2.35. The Hall–Kier alpha value is -3.40. The lowest BCUT2D eigenvalue weighted by Crippen LogP contribution is -2.49. The van der Waals surface area contributed by atoms with Gasteiger partial charge in [0.05, 0.1) is 12.2 Å². The molecule has 3 aromatic rings. The van der Waals surface area contributed by atoms with Crippen molar-refractivity contribution >= 4 is 40.4 Å². The molecule has 192 valence electrons. The molecule has 1 saturated heterocycles. The molecule has 11 heteroatoms. The second kappa shape index (κ2) is 10.3. The van der Waals surface area contributed by atoms with Crippen molar-refractivity contribution in [3.63, 3.8) is 0 Å². The third-order valence-corrected chi connectivity index (χ3v) is 5.94. The van der Waals surface area contributed by atoms with Gasteiger partial charge in [-0.2, -0.15) is 5.10 Å². The molecule has 0 unspecified atom stereocenters. The van der Waals surface area contributed by atoms with Crippen LogP contribution in [0.2, 0.25) is 5.02 Å². The van der Waals surface area contributed by atoms with Crippen molar-refractivity contribution in [2.45, 2.75) is 57.8 Å². The Balaban J connectivity index is 1.63. The average molecular weight is 521 g/mol. The van der Waals surface area contributed by atoms with Gasteiger partial charge >= 0.3 is 12.2 Å². The molecule has 2 amide bonds. The lowest BCUT2D eigenvalue weighted by atomic mass is 9.93. The molecule has 1 fully saturated rings. The number of halogens is 3. The van der Waals surface area contributed by atoms with E-state index in [2.05, 4.69) is 15.5 Å². The minimum Gasteiger partial charge on any atom is -0.444 e. The number of amides is 2. The lowest BCUT2D eigenvalue weighted by Gasteiger charge is -2.40. The van der Waals surface area contributed by atoms with Gasteiger partial charge in [-0.15, -0.1) is 0 Å². The molecule has 1 aliphatic rings. The number of hydrogen-bond acceptors (Lipinski definition) is 5. The fourth-order valence-electron chi connectivity index (χ4n) is 4.28. The third-order valence-electron chi connectivity index (χ3n) is 5.72. The SMILES string of the molecule is CC(C)(C)OC(=O)N1CCCC[C@H]1[C@@H](OC(=O)Nc1cc(F)c2[nH]ncc2c1)c1cc(F)cc(Cl)c1. The number of carbonyl (C=O) groups is 2. The molecular formula is C25H27ClF2N4O4. The Morgan fingerprint density at radius 3 is 2.69 bits per heavy atom. The van der Waals surface area contributed by atoms with Gasteiger partial charge in [-0.3, -0.25) is 10.4 Å². The molecule has 2 atom stereocenters. The number of aromatic amines is 1. The van der Waals surface area contributed by atoms with Crippen LogP contribution in [0.15, 0.2) is 36.5 Å². The monoisotopic (exact) mass is 520 g/mol. The Labute approximate surface area is 211 Å². The van der Waals surface area contributed by atoms with Gasteiger partial charge in [0.1, 0.15) is 23.0 Å². The smallest absolute Gasteiger partial charge is 0.412 e. The largest absolute Gasteiger partial charge is 0.444 e. The number of ether oxygens (including phenoxy) is 2. The van der Waals surface area contributed by atoms with Crippen molar-refractivity contribution < 1.29 is 27.8 Å². The molecule has 2 heterocycles. The summed E-state index contributed by atoms with van der Waals surface area (Å²) in [6.45, 7) is 5.65. The number of fused-ring (bicyclic) bond motifs is 1. The normalized spacial score (nSPS) is 17.1. The summed E-state index contributed by atoms with van der Waals surface area (Å²) < 4.78 is 40.0. The summed E-state index contributed by atoms with van der Waals surface area (Å²) in [7, 11) is 0. The van der Waals surface area contributed by atoms with Crippen LogP contribution in [0.4, 0.5) is 24.1 Å². The zero-order valence-electron chi connectivity index (χ0n) is 20.1. The fraction of sp³-hybridized carbons (Fsp3) is 0.400. The Morgan fingerprint density at radius 2 is 1.97 bits per heavy atom. The van der Waals surface area contributed by atoms with Gasteiger partial charge in [-0.25, -0.2) is 18.4 Å². The van der Waals surface area contributed by atoms with Crippen LogP contribution < -0.4 is 5.32 Å². The van der Waals surface area contributed by atoms with E-state index >= 15 is 0 Å². The summed E-state index contributed by atoms with van der Waals surface area (Å²) in [5.41, 5.74) is -0.0938. The van der Waals surface area contributed by atoms with Crippen LogP contribution in [0.3, 0.4) is 0 Å². The maximum absolute atomic E-state index is 14.3. The molecule has 1 aliphatic heterocycles. The van der Waals surface area contributed by atoms with Crippen LogP contribution in [-0.4, -0.2) is 45.5 Å². The van der Waals surface area contributed by atoms with Gasteiger partial charge < -0.3 is 14.4 Å². The number of rotatable bonds is 4. The summed E-state index contributed by atoms with van der Waals surface area (Å²) in [5, 5.41) is 9.42. The van der Waals surface area contributed by atoms with E-state index in [-0.39, 0.29) is 21.8 Å². The van der Waals surface area contributed by atoms with E-state index in [0.29, 0.717) is 18.4 Å². The number of carbonyl (C=O) groups excluding carboxylic acids is 2. The topological polar surface area (TPSA) is 96.5 Å². The van der Waals surface area contributed by atoms with Gasteiger partial charge in [0.15, 0.2) is 5.82 Å². The molecule has 0 spiro atoms. The Morgan fingerprint density at radius 1 is 1.19 bits per heavy atom. The number of H-pyrrole nitrogens is 1. The number of nitrogens with zero attached hydrogens (tertiary/aromatic N) is 2. The first-order valence-corrected chi connectivity index (χ1v) is 11.9. The van der Waals surface area contributed by atoms with Crippen molar-refractivity contribution in [3.8, 4) is 0 Å². The predicted octanol–water partition coefficient (Wildman–Crippen LogP) is 6.57. The quantitative estimate of drug-likeness (QED) is 0.405. The highest BCUT2D eigenvalue weighted by Gasteiger charge is 2.38. The molecule has 0 saturated carbocycles. The number of anilines is 1. The molecule has 0 bridgehead atoms. The maximum Gasteiger partial charge on any atom is 0.412 e. The summed E-state index contributed by atoms with van der Waals surface area (Å²) >= 11 is 6.10. The van der Waals surface area contributed by atoms with E-state index in [1.807, 2.05) is 0 Å². The van der Waals surface area contributed by atoms with Crippen molar-refractivity contribution in [1.82, 2.24) is 15.1 Å². The van der Waals surface area contributed by atoms with Crippen LogP contribution in [0.5, 0.6) is 0 Å². The number of benzene rings is 2. The van der Waals surface area contributed by atoms with E-state index in [1.165, 1.54) is 29.3 Å². The van der Waals surface area contributed by atoms with E-state index in [0.717, 1.165) is 25.0 Å². The van der Waals surface area contributed by atoms with Gasteiger partial charge in [0, 0.05) is 22.6 Å².